The molecule has 0 aliphatic carbocycles. The van der Waals surface area contributed by atoms with Crippen molar-refractivity contribution in [2.45, 2.75) is 25.9 Å². The van der Waals surface area contributed by atoms with E-state index < -0.39 is 0 Å². The van der Waals surface area contributed by atoms with E-state index in [1.165, 1.54) is 4.90 Å². The summed E-state index contributed by atoms with van der Waals surface area (Å²) in [6.07, 6.45) is 2.05. The Morgan fingerprint density at radius 1 is 1.00 bits per heavy atom. The first-order valence-corrected chi connectivity index (χ1v) is 9.79. The Morgan fingerprint density at radius 2 is 1.75 bits per heavy atom. The van der Waals surface area contributed by atoms with Crippen LogP contribution in [0.5, 0.6) is 0 Å². The van der Waals surface area contributed by atoms with Gasteiger partial charge in [-0.15, -0.1) is 11.3 Å². The van der Waals surface area contributed by atoms with Crippen molar-refractivity contribution in [3.63, 3.8) is 0 Å². The van der Waals surface area contributed by atoms with Crippen LogP contribution in [0, 0.1) is 0 Å². The number of rotatable bonds is 6. The predicted octanol–water partition coefficient (Wildman–Crippen LogP) is 3.84. The van der Waals surface area contributed by atoms with Gasteiger partial charge >= 0.3 is 0 Å². The molecule has 3 heterocycles. The second kappa shape index (κ2) is 7.82. The molecule has 1 aliphatic rings. The molecule has 0 spiro atoms. The Bertz CT molecular complexity index is 926. The van der Waals surface area contributed by atoms with E-state index in [0.717, 1.165) is 4.88 Å². The topological polar surface area (TPSA) is 70.8 Å². The second-order valence-corrected chi connectivity index (χ2v) is 7.52. The lowest BCUT2D eigenvalue weighted by Crippen LogP contribution is -2.30. The number of amides is 3. The average molecular weight is 394 g/mol. The summed E-state index contributed by atoms with van der Waals surface area (Å²) in [6.45, 7) is 0.830. The monoisotopic (exact) mass is 394 g/mol. The zero-order valence-corrected chi connectivity index (χ0v) is 15.9. The highest BCUT2D eigenvalue weighted by molar-refractivity contribution is 7.09. The summed E-state index contributed by atoms with van der Waals surface area (Å²) in [5.74, 6) is 0.146. The number of thiophene rings is 1. The number of imide groups is 1. The van der Waals surface area contributed by atoms with E-state index in [-0.39, 0.29) is 30.6 Å². The third-order valence-corrected chi connectivity index (χ3v) is 5.43. The summed E-state index contributed by atoms with van der Waals surface area (Å²) in [4.78, 5) is 40.8. The Morgan fingerprint density at radius 3 is 2.36 bits per heavy atom. The van der Waals surface area contributed by atoms with Crippen LogP contribution in [0.4, 0.5) is 5.69 Å². The van der Waals surface area contributed by atoms with Crippen LogP contribution in [0.3, 0.4) is 0 Å². The molecule has 1 aromatic carbocycles. The number of anilines is 1. The molecule has 1 saturated heterocycles. The fraction of sp³-hybridized carbons (Fsp3) is 0.190. The van der Waals surface area contributed by atoms with Gasteiger partial charge in [-0.3, -0.25) is 19.3 Å². The smallest absolute Gasteiger partial charge is 0.254 e. The van der Waals surface area contributed by atoms with Crippen LogP contribution < -0.4 is 4.90 Å². The minimum atomic E-state index is -0.207. The lowest BCUT2D eigenvalue weighted by atomic mass is 10.1. The summed E-state index contributed by atoms with van der Waals surface area (Å²) >= 11 is 1.59. The standard InChI is InChI=1S/C21H18N2O4S/c24-19-9-10-20(25)23(19)16-7-5-15(6-8-16)21(26)22(13-17-3-1-11-27-17)14-18-4-2-12-28-18/h1-8,11-12H,9-10,13-14H2. The molecule has 6 nitrogen and oxygen atoms in total. The predicted molar refractivity (Wildman–Crippen MR) is 105 cm³/mol. The van der Waals surface area contributed by atoms with E-state index in [2.05, 4.69) is 0 Å². The van der Waals surface area contributed by atoms with Crippen LogP contribution in [0.2, 0.25) is 0 Å². The third kappa shape index (κ3) is 3.75. The van der Waals surface area contributed by atoms with E-state index in [4.69, 9.17) is 4.42 Å². The van der Waals surface area contributed by atoms with E-state index in [9.17, 15) is 14.4 Å². The van der Waals surface area contributed by atoms with E-state index in [1.54, 1.807) is 52.8 Å². The largest absolute Gasteiger partial charge is 0.467 e. The van der Waals surface area contributed by atoms with Crippen LogP contribution >= 0.6 is 11.3 Å². The molecule has 1 fully saturated rings. The Kier molecular flexibility index (Phi) is 5.08. The van der Waals surface area contributed by atoms with Crippen molar-refractivity contribution in [2.75, 3.05) is 4.90 Å². The highest BCUT2D eigenvalue weighted by atomic mass is 32.1. The lowest BCUT2D eigenvalue weighted by Gasteiger charge is -2.22. The van der Waals surface area contributed by atoms with Crippen molar-refractivity contribution in [3.8, 4) is 0 Å². The van der Waals surface area contributed by atoms with Gasteiger partial charge in [0.15, 0.2) is 0 Å². The molecule has 0 saturated carbocycles. The highest BCUT2D eigenvalue weighted by Gasteiger charge is 2.30. The number of furan rings is 1. The number of hydrogen-bond acceptors (Lipinski definition) is 5. The first-order chi connectivity index (χ1) is 13.6. The summed E-state index contributed by atoms with van der Waals surface area (Å²) in [7, 11) is 0. The summed E-state index contributed by atoms with van der Waals surface area (Å²) < 4.78 is 5.41. The van der Waals surface area contributed by atoms with Gasteiger partial charge in [-0.05, 0) is 47.8 Å². The van der Waals surface area contributed by atoms with Gasteiger partial charge in [0.05, 0.1) is 25.0 Å². The molecule has 0 N–H and O–H groups in total. The number of benzene rings is 1. The average Bonchev–Trinajstić information content (AvgIpc) is 3.45. The minimum absolute atomic E-state index is 0.143. The van der Waals surface area contributed by atoms with Gasteiger partial charge in [-0.1, -0.05) is 6.07 Å². The van der Waals surface area contributed by atoms with Crippen LogP contribution in [0.25, 0.3) is 0 Å². The summed E-state index contributed by atoms with van der Waals surface area (Å²) in [6, 6.07) is 14.2. The van der Waals surface area contributed by atoms with E-state index >= 15 is 0 Å². The summed E-state index contributed by atoms with van der Waals surface area (Å²) in [5.41, 5.74) is 0.992. The molecule has 142 valence electrons. The Labute approximate surface area is 166 Å². The van der Waals surface area contributed by atoms with Gasteiger partial charge < -0.3 is 9.32 Å². The molecule has 3 amide bonds. The highest BCUT2D eigenvalue weighted by Crippen LogP contribution is 2.24. The molecule has 4 rings (SSSR count). The fourth-order valence-corrected chi connectivity index (χ4v) is 3.90. The molecule has 0 bridgehead atoms. The van der Waals surface area contributed by atoms with Crippen molar-refractivity contribution < 1.29 is 18.8 Å². The second-order valence-electron chi connectivity index (χ2n) is 6.49. The first kappa shape index (κ1) is 18.2. The van der Waals surface area contributed by atoms with E-state index in [0.29, 0.717) is 30.1 Å². The number of nitrogens with zero attached hydrogens (tertiary/aromatic N) is 2. The fourth-order valence-electron chi connectivity index (χ4n) is 3.18. The number of carbonyl (C=O) groups excluding carboxylic acids is 3. The molecule has 0 atom stereocenters. The Hall–Kier alpha value is -3.19. The zero-order chi connectivity index (χ0) is 19.5. The SMILES string of the molecule is O=C(c1ccc(N2C(=O)CCC2=O)cc1)N(Cc1ccco1)Cc1cccs1. The van der Waals surface area contributed by atoms with E-state index in [1.807, 2.05) is 23.6 Å². The van der Waals surface area contributed by atoms with Gasteiger partial charge in [0, 0.05) is 23.3 Å². The molecule has 3 aromatic rings. The molecular formula is C21H18N2O4S. The van der Waals surface area contributed by atoms with Crippen molar-refractivity contribution >= 4 is 34.7 Å². The van der Waals surface area contributed by atoms with Crippen LogP contribution in [-0.2, 0) is 22.7 Å². The molecule has 1 aliphatic heterocycles. The Balaban J connectivity index is 1.55. The number of carbonyl (C=O) groups is 3. The van der Waals surface area contributed by atoms with Crippen LogP contribution in [-0.4, -0.2) is 22.6 Å². The maximum atomic E-state index is 13.1. The zero-order valence-electron chi connectivity index (χ0n) is 15.0. The van der Waals surface area contributed by atoms with Crippen molar-refractivity contribution in [1.82, 2.24) is 4.90 Å². The maximum Gasteiger partial charge on any atom is 0.254 e. The molecule has 0 radical (unpaired) electrons. The van der Waals surface area contributed by atoms with Crippen molar-refractivity contribution in [3.05, 3.63) is 76.4 Å². The van der Waals surface area contributed by atoms with Gasteiger partial charge in [-0.2, -0.15) is 0 Å². The van der Waals surface area contributed by atoms with Crippen LogP contribution in [0.15, 0.2) is 64.6 Å². The molecular weight excluding hydrogens is 376 g/mol. The van der Waals surface area contributed by atoms with Gasteiger partial charge in [0.2, 0.25) is 11.8 Å². The molecule has 28 heavy (non-hydrogen) atoms. The maximum absolute atomic E-state index is 13.1. The van der Waals surface area contributed by atoms with Crippen molar-refractivity contribution in [1.29, 1.82) is 0 Å². The van der Waals surface area contributed by atoms with Gasteiger partial charge in [0.1, 0.15) is 5.76 Å². The lowest BCUT2D eigenvalue weighted by molar-refractivity contribution is -0.121. The minimum Gasteiger partial charge on any atom is -0.467 e. The quantitative estimate of drug-likeness (QED) is 0.596. The molecule has 7 heteroatoms. The summed E-state index contributed by atoms with van der Waals surface area (Å²) in [5, 5.41) is 1.98. The van der Waals surface area contributed by atoms with Crippen molar-refractivity contribution in [2.24, 2.45) is 0 Å². The normalized spacial score (nSPS) is 13.9. The molecule has 2 aromatic heterocycles. The van der Waals surface area contributed by atoms with Crippen LogP contribution in [0.1, 0.15) is 33.8 Å². The third-order valence-electron chi connectivity index (χ3n) is 4.56. The molecule has 0 unspecified atom stereocenters. The van der Waals surface area contributed by atoms with Gasteiger partial charge in [-0.25, -0.2) is 0 Å². The van der Waals surface area contributed by atoms with Gasteiger partial charge in [0.25, 0.3) is 5.91 Å². The number of hydrogen-bond donors (Lipinski definition) is 0. The first-order valence-electron chi connectivity index (χ1n) is 8.92.